The van der Waals surface area contributed by atoms with E-state index in [2.05, 4.69) is 11.9 Å². The highest BCUT2D eigenvalue weighted by atomic mass is 16.5. The first-order chi connectivity index (χ1) is 9.36. The molecule has 1 aromatic carbocycles. The minimum absolute atomic E-state index is 0.420. The molecule has 4 nitrogen and oxygen atoms in total. The van der Waals surface area contributed by atoms with Crippen molar-refractivity contribution in [3.05, 3.63) is 36.0 Å². The summed E-state index contributed by atoms with van der Waals surface area (Å²) < 4.78 is 11.3. The van der Waals surface area contributed by atoms with Gasteiger partial charge in [0.2, 0.25) is 0 Å². The fourth-order valence-corrected chi connectivity index (χ4v) is 1.92. The Kier molecular flexibility index (Phi) is 5.12. The Labute approximate surface area is 113 Å². The minimum atomic E-state index is 0.420. The minimum Gasteiger partial charge on any atom is -0.490 e. The van der Waals surface area contributed by atoms with Gasteiger partial charge < -0.3 is 15.2 Å². The normalized spacial score (nSPS) is 10.8. The molecule has 2 rings (SSSR count). The molecule has 1 aromatic heterocycles. The summed E-state index contributed by atoms with van der Waals surface area (Å²) in [7, 11) is 0. The number of hydrogen-bond donors (Lipinski definition) is 1. The summed E-state index contributed by atoms with van der Waals surface area (Å²) in [5, 5.41) is 1.00. The molecule has 19 heavy (non-hydrogen) atoms. The van der Waals surface area contributed by atoms with E-state index in [4.69, 9.17) is 15.2 Å². The van der Waals surface area contributed by atoms with Crippen LogP contribution in [0, 0.1) is 0 Å². The van der Waals surface area contributed by atoms with Crippen molar-refractivity contribution in [1.29, 1.82) is 0 Å². The second-order valence-corrected chi connectivity index (χ2v) is 4.29. The van der Waals surface area contributed by atoms with E-state index in [1.54, 1.807) is 6.20 Å². The Bertz CT molecular complexity index is 529. The number of pyridine rings is 1. The van der Waals surface area contributed by atoms with Crippen molar-refractivity contribution in [3.8, 4) is 5.75 Å². The standard InChI is InChI=1S/C15H20N2O2/c1-2-7-18-8-9-19-15-12(10-16)11-17-14-6-4-3-5-13(14)15/h3-6,11H,2,7-10,16H2,1H3. The van der Waals surface area contributed by atoms with Gasteiger partial charge in [-0.2, -0.15) is 0 Å². The number of ether oxygens (including phenoxy) is 2. The molecule has 0 aliphatic heterocycles. The molecule has 0 aliphatic carbocycles. The van der Waals surface area contributed by atoms with E-state index < -0.39 is 0 Å². The van der Waals surface area contributed by atoms with Crippen LogP contribution in [-0.2, 0) is 11.3 Å². The molecule has 0 atom stereocenters. The van der Waals surface area contributed by atoms with E-state index >= 15 is 0 Å². The number of nitrogens with zero attached hydrogens (tertiary/aromatic N) is 1. The first kappa shape index (κ1) is 13.8. The van der Waals surface area contributed by atoms with E-state index in [0.717, 1.165) is 35.2 Å². The summed E-state index contributed by atoms with van der Waals surface area (Å²) in [5.41, 5.74) is 7.59. The van der Waals surface area contributed by atoms with E-state index in [1.807, 2.05) is 24.3 Å². The summed E-state index contributed by atoms with van der Waals surface area (Å²) in [6.45, 7) is 4.40. The van der Waals surface area contributed by atoms with Crippen LogP contribution in [0.3, 0.4) is 0 Å². The molecule has 1 heterocycles. The van der Waals surface area contributed by atoms with Crippen molar-refractivity contribution >= 4 is 10.9 Å². The first-order valence-corrected chi connectivity index (χ1v) is 6.64. The molecule has 4 heteroatoms. The number of rotatable bonds is 7. The molecule has 0 bridgehead atoms. The highest BCUT2D eigenvalue weighted by Gasteiger charge is 2.08. The predicted octanol–water partition coefficient (Wildman–Crippen LogP) is 2.50. The van der Waals surface area contributed by atoms with Gasteiger partial charge in [-0.1, -0.05) is 19.1 Å². The Morgan fingerprint density at radius 1 is 1.16 bits per heavy atom. The lowest BCUT2D eigenvalue weighted by Gasteiger charge is -2.13. The smallest absolute Gasteiger partial charge is 0.134 e. The Morgan fingerprint density at radius 2 is 2.00 bits per heavy atom. The SMILES string of the molecule is CCCOCCOc1c(CN)cnc2ccccc12. The van der Waals surface area contributed by atoms with Gasteiger partial charge in [-0.3, -0.25) is 4.98 Å². The van der Waals surface area contributed by atoms with Crippen molar-refractivity contribution in [2.75, 3.05) is 19.8 Å². The van der Waals surface area contributed by atoms with Crippen molar-refractivity contribution in [2.45, 2.75) is 19.9 Å². The first-order valence-electron chi connectivity index (χ1n) is 6.64. The molecule has 0 fully saturated rings. The van der Waals surface area contributed by atoms with Crippen LogP contribution >= 0.6 is 0 Å². The number of hydrogen-bond acceptors (Lipinski definition) is 4. The van der Waals surface area contributed by atoms with Gasteiger partial charge in [0.25, 0.3) is 0 Å². The average Bonchev–Trinajstić information content (AvgIpc) is 2.47. The van der Waals surface area contributed by atoms with Gasteiger partial charge in [-0.05, 0) is 18.6 Å². The van der Waals surface area contributed by atoms with E-state index in [1.165, 1.54) is 0 Å². The molecular formula is C15H20N2O2. The van der Waals surface area contributed by atoms with Gasteiger partial charge in [0, 0.05) is 30.3 Å². The third kappa shape index (κ3) is 3.43. The summed E-state index contributed by atoms with van der Waals surface area (Å²) in [4.78, 5) is 4.38. The van der Waals surface area contributed by atoms with E-state index in [9.17, 15) is 0 Å². The molecule has 0 spiro atoms. The Morgan fingerprint density at radius 3 is 2.79 bits per heavy atom. The van der Waals surface area contributed by atoms with Gasteiger partial charge in [0.15, 0.2) is 0 Å². The van der Waals surface area contributed by atoms with Gasteiger partial charge >= 0.3 is 0 Å². The zero-order valence-electron chi connectivity index (χ0n) is 11.3. The summed E-state index contributed by atoms with van der Waals surface area (Å²) in [5.74, 6) is 0.827. The molecule has 0 unspecified atom stereocenters. The summed E-state index contributed by atoms with van der Waals surface area (Å²) in [6.07, 6.45) is 2.80. The fraction of sp³-hybridized carbons (Fsp3) is 0.400. The van der Waals surface area contributed by atoms with Gasteiger partial charge in [0.05, 0.1) is 12.1 Å². The average molecular weight is 260 g/mol. The lowest BCUT2D eigenvalue weighted by atomic mass is 10.1. The van der Waals surface area contributed by atoms with Gasteiger partial charge in [-0.15, -0.1) is 0 Å². The van der Waals surface area contributed by atoms with E-state index in [0.29, 0.717) is 19.8 Å². The van der Waals surface area contributed by atoms with Crippen LogP contribution < -0.4 is 10.5 Å². The molecule has 2 N–H and O–H groups in total. The van der Waals surface area contributed by atoms with Crippen molar-refractivity contribution < 1.29 is 9.47 Å². The van der Waals surface area contributed by atoms with Crippen molar-refractivity contribution in [3.63, 3.8) is 0 Å². The molecule has 0 saturated heterocycles. The lowest BCUT2D eigenvalue weighted by molar-refractivity contribution is 0.101. The highest BCUT2D eigenvalue weighted by molar-refractivity contribution is 5.86. The van der Waals surface area contributed by atoms with Gasteiger partial charge in [0.1, 0.15) is 12.4 Å². The fourth-order valence-electron chi connectivity index (χ4n) is 1.92. The molecule has 0 radical (unpaired) electrons. The third-order valence-electron chi connectivity index (χ3n) is 2.84. The molecule has 2 aromatic rings. The van der Waals surface area contributed by atoms with Crippen LogP contribution in [0.15, 0.2) is 30.5 Å². The molecule has 0 amide bonds. The number of para-hydroxylation sites is 1. The maximum absolute atomic E-state index is 5.84. The van der Waals surface area contributed by atoms with Crippen LogP contribution in [0.1, 0.15) is 18.9 Å². The van der Waals surface area contributed by atoms with Crippen LogP contribution in [0.5, 0.6) is 5.75 Å². The van der Waals surface area contributed by atoms with Crippen molar-refractivity contribution in [1.82, 2.24) is 4.98 Å². The number of aromatic nitrogens is 1. The van der Waals surface area contributed by atoms with Crippen LogP contribution in [0.2, 0.25) is 0 Å². The van der Waals surface area contributed by atoms with E-state index in [-0.39, 0.29) is 0 Å². The molecule has 102 valence electrons. The zero-order chi connectivity index (χ0) is 13.5. The highest BCUT2D eigenvalue weighted by Crippen LogP contribution is 2.27. The predicted molar refractivity (Wildman–Crippen MR) is 76.2 cm³/mol. The monoisotopic (exact) mass is 260 g/mol. The number of nitrogens with two attached hydrogens (primary N) is 1. The molecular weight excluding hydrogens is 240 g/mol. The molecule has 0 saturated carbocycles. The largest absolute Gasteiger partial charge is 0.490 e. The van der Waals surface area contributed by atoms with Crippen LogP contribution in [0.4, 0.5) is 0 Å². The third-order valence-corrected chi connectivity index (χ3v) is 2.84. The zero-order valence-corrected chi connectivity index (χ0v) is 11.3. The lowest BCUT2D eigenvalue weighted by Crippen LogP contribution is -2.10. The quantitative estimate of drug-likeness (QED) is 0.777. The molecule has 0 aliphatic rings. The Hall–Kier alpha value is -1.65. The summed E-state index contributed by atoms with van der Waals surface area (Å²) >= 11 is 0. The van der Waals surface area contributed by atoms with Crippen molar-refractivity contribution in [2.24, 2.45) is 5.73 Å². The Balaban J connectivity index is 2.14. The topological polar surface area (TPSA) is 57.4 Å². The number of benzene rings is 1. The summed E-state index contributed by atoms with van der Waals surface area (Å²) in [6, 6.07) is 7.91. The maximum atomic E-state index is 5.84. The van der Waals surface area contributed by atoms with Gasteiger partial charge in [-0.25, -0.2) is 0 Å². The maximum Gasteiger partial charge on any atom is 0.134 e. The second-order valence-electron chi connectivity index (χ2n) is 4.29. The second kappa shape index (κ2) is 7.07. The van der Waals surface area contributed by atoms with Crippen LogP contribution in [-0.4, -0.2) is 24.8 Å². The number of fused-ring (bicyclic) bond motifs is 1. The van der Waals surface area contributed by atoms with Crippen LogP contribution in [0.25, 0.3) is 10.9 Å².